The maximum atomic E-state index is 12.4. The molecule has 0 saturated carbocycles. The lowest BCUT2D eigenvalue weighted by Gasteiger charge is -2.17. The van der Waals surface area contributed by atoms with Gasteiger partial charge in [-0.2, -0.15) is 5.10 Å². The number of hydrazine groups is 1. The molecule has 0 unspecified atom stereocenters. The zero-order chi connectivity index (χ0) is 14.7. The van der Waals surface area contributed by atoms with Crippen molar-refractivity contribution in [3.63, 3.8) is 0 Å². The van der Waals surface area contributed by atoms with E-state index < -0.39 is 0 Å². The molecular formula is C12H15ClN6O. The molecule has 4 N–H and O–H groups in total. The minimum atomic E-state index is -0.220. The van der Waals surface area contributed by atoms with Gasteiger partial charge in [-0.25, -0.2) is 4.98 Å². The van der Waals surface area contributed by atoms with Crippen LogP contribution in [0, 0.1) is 6.92 Å². The van der Waals surface area contributed by atoms with E-state index in [1.807, 2.05) is 0 Å². The third kappa shape index (κ3) is 3.06. The summed E-state index contributed by atoms with van der Waals surface area (Å²) in [6.45, 7) is 2.09. The van der Waals surface area contributed by atoms with E-state index in [4.69, 9.17) is 17.4 Å². The number of carbonyl (C=O) groups is 1. The molecule has 1 amide bonds. The van der Waals surface area contributed by atoms with Crippen LogP contribution in [0.1, 0.15) is 22.0 Å². The summed E-state index contributed by atoms with van der Waals surface area (Å²) < 4.78 is 0. The van der Waals surface area contributed by atoms with Crippen LogP contribution in [0.25, 0.3) is 0 Å². The number of nitrogens with zero attached hydrogens (tertiary/aromatic N) is 3. The Morgan fingerprint density at radius 2 is 2.30 bits per heavy atom. The lowest BCUT2D eigenvalue weighted by atomic mass is 10.1. The Morgan fingerprint density at radius 3 is 2.90 bits per heavy atom. The fourth-order valence-electron chi connectivity index (χ4n) is 1.77. The molecule has 0 radical (unpaired) electrons. The number of anilines is 1. The van der Waals surface area contributed by atoms with Crippen molar-refractivity contribution < 1.29 is 4.79 Å². The van der Waals surface area contributed by atoms with Gasteiger partial charge in [0.25, 0.3) is 5.91 Å². The molecule has 2 aromatic rings. The van der Waals surface area contributed by atoms with Gasteiger partial charge >= 0.3 is 0 Å². The van der Waals surface area contributed by atoms with Crippen LogP contribution in [0.2, 0.25) is 5.02 Å². The summed E-state index contributed by atoms with van der Waals surface area (Å²) in [5, 5.41) is 7.19. The third-order valence-electron chi connectivity index (χ3n) is 2.74. The Kier molecular flexibility index (Phi) is 4.21. The molecule has 0 spiro atoms. The Labute approximate surface area is 121 Å². The first-order valence-electron chi connectivity index (χ1n) is 5.90. The number of nitrogen functional groups attached to an aromatic ring is 1. The number of amides is 1. The number of rotatable bonds is 4. The summed E-state index contributed by atoms with van der Waals surface area (Å²) in [5.41, 5.74) is 3.39. The standard InChI is InChI=1S/C12H15ClN6O/c1-7-15-11(18-17-7)6-19(2)12(20)9-5-8(13)3-4-10(9)16-14/h3-5,16H,6,14H2,1-2H3,(H,15,17,18). The average Bonchev–Trinajstić information content (AvgIpc) is 2.83. The monoisotopic (exact) mass is 294 g/mol. The van der Waals surface area contributed by atoms with Crippen molar-refractivity contribution >= 4 is 23.2 Å². The van der Waals surface area contributed by atoms with Gasteiger partial charge in [-0.15, -0.1) is 0 Å². The molecule has 106 valence electrons. The van der Waals surface area contributed by atoms with Gasteiger partial charge in [-0.05, 0) is 25.1 Å². The molecule has 0 aliphatic carbocycles. The van der Waals surface area contributed by atoms with Gasteiger partial charge in [0, 0.05) is 12.1 Å². The highest BCUT2D eigenvalue weighted by atomic mass is 35.5. The van der Waals surface area contributed by atoms with Crippen molar-refractivity contribution in [2.75, 3.05) is 12.5 Å². The highest BCUT2D eigenvalue weighted by Crippen LogP contribution is 2.21. The molecule has 8 heteroatoms. The SMILES string of the molecule is Cc1nc(CN(C)C(=O)c2cc(Cl)ccc2NN)n[nH]1. The zero-order valence-corrected chi connectivity index (χ0v) is 11.9. The van der Waals surface area contributed by atoms with Crippen molar-refractivity contribution in [3.8, 4) is 0 Å². The van der Waals surface area contributed by atoms with Gasteiger partial charge in [0.1, 0.15) is 5.82 Å². The molecule has 0 bridgehead atoms. The molecule has 1 aromatic heterocycles. The van der Waals surface area contributed by atoms with E-state index in [-0.39, 0.29) is 5.91 Å². The van der Waals surface area contributed by atoms with E-state index >= 15 is 0 Å². The van der Waals surface area contributed by atoms with Gasteiger partial charge < -0.3 is 10.3 Å². The number of benzene rings is 1. The smallest absolute Gasteiger partial charge is 0.256 e. The molecule has 0 aliphatic rings. The molecule has 0 saturated heterocycles. The summed E-state index contributed by atoms with van der Waals surface area (Å²) in [4.78, 5) is 18.0. The van der Waals surface area contributed by atoms with Crippen molar-refractivity contribution in [2.24, 2.45) is 5.84 Å². The number of carbonyl (C=O) groups excluding carboxylic acids is 1. The Hall–Kier alpha value is -2.12. The van der Waals surface area contributed by atoms with E-state index in [1.54, 1.807) is 32.2 Å². The van der Waals surface area contributed by atoms with Crippen molar-refractivity contribution in [2.45, 2.75) is 13.5 Å². The number of aromatic nitrogens is 3. The summed E-state index contributed by atoms with van der Waals surface area (Å²) in [6.07, 6.45) is 0. The van der Waals surface area contributed by atoms with E-state index in [2.05, 4.69) is 20.6 Å². The Morgan fingerprint density at radius 1 is 1.55 bits per heavy atom. The van der Waals surface area contributed by atoms with E-state index in [0.29, 0.717) is 34.5 Å². The number of nitrogens with two attached hydrogens (primary N) is 1. The lowest BCUT2D eigenvalue weighted by molar-refractivity contribution is 0.0782. The summed E-state index contributed by atoms with van der Waals surface area (Å²) >= 11 is 5.92. The van der Waals surface area contributed by atoms with Crippen LogP contribution in [0.4, 0.5) is 5.69 Å². The lowest BCUT2D eigenvalue weighted by Crippen LogP contribution is -2.28. The summed E-state index contributed by atoms with van der Waals surface area (Å²) in [5.74, 6) is 6.43. The van der Waals surface area contributed by atoms with Crippen molar-refractivity contribution in [3.05, 3.63) is 40.4 Å². The topological polar surface area (TPSA) is 99.9 Å². The zero-order valence-electron chi connectivity index (χ0n) is 11.1. The van der Waals surface area contributed by atoms with E-state index in [1.165, 1.54) is 4.90 Å². The number of hydrogen-bond acceptors (Lipinski definition) is 5. The average molecular weight is 295 g/mol. The minimum Gasteiger partial charge on any atom is -0.334 e. The number of nitrogens with one attached hydrogen (secondary N) is 2. The molecule has 0 fully saturated rings. The fraction of sp³-hybridized carbons (Fsp3) is 0.250. The number of aromatic amines is 1. The second-order valence-electron chi connectivity index (χ2n) is 4.33. The first kappa shape index (κ1) is 14.3. The molecule has 1 heterocycles. The summed E-state index contributed by atoms with van der Waals surface area (Å²) in [6, 6.07) is 4.88. The molecule has 7 nitrogen and oxygen atoms in total. The number of aryl methyl sites for hydroxylation is 1. The van der Waals surface area contributed by atoms with Crippen molar-refractivity contribution in [1.82, 2.24) is 20.1 Å². The van der Waals surface area contributed by atoms with Gasteiger partial charge in [-0.3, -0.25) is 15.7 Å². The van der Waals surface area contributed by atoms with Crippen LogP contribution in [0.15, 0.2) is 18.2 Å². The molecule has 2 rings (SSSR count). The predicted molar refractivity (Wildman–Crippen MR) is 76.2 cm³/mol. The molecular weight excluding hydrogens is 280 g/mol. The van der Waals surface area contributed by atoms with E-state index in [0.717, 1.165) is 0 Å². The van der Waals surface area contributed by atoms with Crippen molar-refractivity contribution in [1.29, 1.82) is 0 Å². The van der Waals surface area contributed by atoms with Crippen LogP contribution < -0.4 is 11.3 Å². The van der Waals surface area contributed by atoms with Gasteiger partial charge in [0.2, 0.25) is 0 Å². The largest absolute Gasteiger partial charge is 0.334 e. The van der Waals surface area contributed by atoms with E-state index in [9.17, 15) is 4.79 Å². The van der Waals surface area contributed by atoms with Gasteiger partial charge in [0.05, 0.1) is 17.8 Å². The number of halogens is 1. The second kappa shape index (κ2) is 5.89. The second-order valence-corrected chi connectivity index (χ2v) is 4.77. The molecule has 0 aliphatic heterocycles. The van der Waals surface area contributed by atoms with Crippen LogP contribution in [0.3, 0.4) is 0 Å². The Bertz CT molecular complexity index is 626. The van der Waals surface area contributed by atoms with Crippen LogP contribution in [-0.4, -0.2) is 33.0 Å². The molecule has 1 aromatic carbocycles. The van der Waals surface area contributed by atoms with Gasteiger partial charge in [-0.1, -0.05) is 11.6 Å². The predicted octanol–water partition coefficient (Wildman–Crippen LogP) is 1.32. The van der Waals surface area contributed by atoms with Gasteiger partial charge in [0.15, 0.2) is 5.82 Å². The van der Waals surface area contributed by atoms with Crippen LogP contribution >= 0.6 is 11.6 Å². The highest BCUT2D eigenvalue weighted by Gasteiger charge is 2.17. The number of hydrogen-bond donors (Lipinski definition) is 3. The maximum Gasteiger partial charge on any atom is 0.256 e. The first-order valence-corrected chi connectivity index (χ1v) is 6.28. The Balaban J connectivity index is 2.20. The minimum absolute atomic E-state index is 0.220. The van der Waals surface area contributed by atoms with Crippen LogP contribution in [-0.2, 0) is 6.54 Å². The first-order chi connectivity index (χ1) is 9.51. The number of H-pyrrole nitrogens is 1. The third-order valence-corrected chi connectivity index (χ3v) is 2.97. The quantitative estimate of drug-likeness (QED) is 0.583. The van der Waals surface area contributed by atoms with Crippen LogP contribution in [0.5, 0.6) is 0 Å². The fourth-order valence-corrected chi connectivity index (χ4v) is 1.94. The highest BCUT2D eigenvalue weighted by molar-refractivity contribution is 6.31. The molecule has 20 heavy (non-hydrogen) atoms. The summed E-state index contributed by atoms with van der Waals surface area (Å²) in [7, 11) is 1.66. The molecule has 0 atom stereocenters. The maximum absolute atomic E-state index is 12.4. The normalized spacial score (nSPS) is 10.4.